The molecule has 0 unspecified atom stereocenters. The lowest BCUT2D eigenvalue weighted by Crippen LogP contribution is -2.29. The molecule has 0 radical (unpaired) electrons. The number of carbonyl (C=O) groups is 2. The number of aryl methyl sites for hydroxylation is 1. The number of aromatic nitrogens is 2. The molecule has 1 aromatic heterocycles. The molecule has 1 saturated carbocycles. The molecule has 1 aliphatic carbocycles. The summed E-state index contributed by atoms with van der Waals surface area (Å²) in [5.74, 6) is -0.0146. The zero-order chi connectivity index (χ0) is 18.3. The van der Waals surface area contributed by atoms with E-state index in [4.69, 9.17) is 11.6 Å². The van der Waals surface area contributed by atoms with Crippen molar-refractivity contribution in [3.05, 3.63) is 46.7 Å². The summed E-state index contributed by atoms with van der Waals surface area (Å²) in [4.78, 5) is 27.2. The topological polar surface area (TPSA) is 67.2 Å². The van der Waals surface area contributed by atoms with Gasteiger partial charge in [0.05, 0.1) is 17.4 Å². The van der Waals surface area contributed by atoms with Gasteiger partial charge in [0, 0.05) is 37.3 Å². The lowest BCUT2D eigenvalue weighted by Gasteiger charge is -2.18. The molecule has 2 aromatic rings. The van der Waals surface area contributed by atoms with E-state index >= 15 is 0 Å². The summed E-state index contributed by atoms with van der Waals surface area (Å²) >= 11 is 6.10. The highest BCUT2D eigenvalue weighted by atomic mass is 35.5. The summed E-state index contributed by atoms with van der Waals surface area (Å²) in [6.07, 6.45) is 6.60. The highest BCUT2D eigenvalue weighted by molar-refractivity contribution is 6.31. The molecule has 2 fully saturated rings. The van der Waals surface area contributed by atoms with Gasteiger partial charge in [-0.1, -0.05) is 11.6 Å². The van der Waals surface area contributed by atoms with Crippen molar-refractivity contribution in [1.29, 1.82) is 0 Å². The standard InChI is InChI=1S/C19H21ClN4O2/c1-23-11-12(10-21-23)15-9-16(15)18(25)22-17-8-13(20)4-5-14(17)19(26)24-6-2-3-7-24/h4-5,8,10-11,15-16H,2-3,6-7,9H2,1H3,(H,22,25)/t15-,16+/m0/s1. The molecule has 1 aromatic carbocycles. The summed E-state index contributed by atoms with van der Waals surface area (Å²) in [6.45, 7) is 1.53. The first-order chi connectivity index (χ1) is 12.5. The van der Waals surface area contributed by atoms with Crippen LogP contribution in [-0.2, 0) is 11.8 Å². The van der Waals surface area contributed by atoms with Gasteiger partial charge in [0.25, 0.3) is 5.91 Å². The Morgan fingerprint density at radius 2 is 2.04 bits per heavy atom. The summed E-state index contributed by atoms with van der Waals surface area (Å²) < 4.78 is 1.74. The quantitative estimate of drug-likeness (QED) is 0.896. The third-order valence-corrected chi connectivity index (χ3v) is 5.38. The highest BCUT2D eigenvalue weighted by Gasteiger charge is 2.44. The third-order valence-electron chi connectivity index (χ3n) is 5.14. The van der Waals surface area contributed by atoms with E-state index < -0.39 is 0 Å². The van der Waals surface area contributed by atoms with Crippen LogP contribution in [0.5, 0.6) is 0 Å². The van der Waals surface area contributed by atoms with Crippen molar-refractivity contribution in [2.45, 2.75) is 25.2 Å². The first kappa shape index (κ1) is 17.1. The van der Waals surface area contributed by atoms with Crippen LogP contribution in [0.2, 0.25) is 5.02 Å². The van der Waals surface area contributed by atoms with Crippen molar-refractivity contribution in [3.8, 4) is 0 Å². The highest BCUT2D eigenvalue weighted by Crippen LogP contribution is 2.48. The minimum atomic E-state index is -0.0899. The predicted octanol–water partition coefficient (Wildman–Crippen LogP) is 3.05. The van der Waals surface area contributed by atoms with Crippen LogP contribution in [0.1, 0.15) is 41.1 Å². The molecule has 0 bridgehead atoms. The van der Waals surface area contributed by atoms with Crippen LogP contribution in [0.25, 0.3) is 0 Å². The number of hydrogen-bond donors (Lipinski definition) is 1. The van der Waals surface area contributed by atoms with Gasteiger partial charge in [-0.2, -0.15) is 5.10 Å². The van der Waals surface area contributed by atoms with Gasteiger partial charge in [-0.25, -0.2) is 0 Å². The fourth-order valence-electron chi connectivity index (χ4n) is 3.61. The first-order valence-electron chi connectivity index (χ1n) is 8.91. The zero-order valence-electron chi connectivity index (χ0n) is 14.6. The molecule has 136 valence electrons. The van der Waals surface area contributed by atoms with E-state index in [9.17, 15) is 9.59 Å². The second kappa shape index (κ2) is 6.76. The molecule has 1 saturated heterocycles. The molecule has 1 aliphatic heterocycles. The van der Waals surface area contributed by atoms with Crippen LogP contribution in [0.4, 0.5) is 5.69 Å². The number of halogens is 1. The molecule has 4 rings (SSSR count). The van der Waals surface area contributed by atoms with E-state index in [1.807, 2.05) is 18.1 Å². The second-order valence-electron chi connectivity index (χ2n) is 7.07. The zero-order valence-corrected chi connectivity index (χ0v) is 15.4. The molecule has 7 heteroatoms. The van der Waals surface area contributed by atoms with Crippen LogP contribution >= 0.6 is 11.6 Å². The summed E-state index contributed by atoms with van der Waals surface area (Å²) in [5.41, 5.74) is 2.08. The number of rotatable bonds is 4. The predicted molar refractivity (Wildman–Crippen MR) is 99.3 cm³/mol. The lowest BCUT2D eigenvalue weighted by atomic mass is 10.1. The Hall–Kier alpha value is -2.34. The second-order valence-corrected chi connectivity index (χ2v) is 7.51. The molecule has 1 N–H and O–H groups in total. The number of nitrogens with zero attached hydrogens (tertiary/aromatic N) is 3. The molecule has 2 heterocycles. The number of carbonyl (C=O) groups excluding carboxylic acids is 2. The Morgan fingerprint density at radius 1 is 1.27 bits per heavy atom. The van der Waals surface area contributed by atoms with E-state index in [0.717, 1.165) is 37.9 Å². The Balaban J connectivity index is 1.50. The van der Waals surface area contributed by atoms with Gasteiger partial charge in [-0.3, -0.25) is 14.3 Å². The maximum atomic E-state index is 12.8. The number of anilines is 1. The Bertz CT molecular complexity index is 857. The van der Waals surface area contributed by atoms with Gasteiger partial charge in [0.2, 0.25) is 5.91 Å². The average Bonchev–Trinajstić information content (AvgIpc) is 3.02. The van der Waals surface area contributed by atoms with E-state index in [1.54, 1.807) is 29.1 Å². The van der Waals surface area contributed by atoms with Crippen molar-refractivity contribution < 1.29 is 9.59 Å². The van der Waals surface area contributed by atoms with Crippen molar-refractivity contribution in [1.82, 2.24) is 14.7 Å². The summed E-state index contributed by atoms with van der Waals surface area (Å²) in [5, 5.41) is 7.59. The van der Waals surface area contributed by atoms with Gasteiger partial charge in [0.15, 0.2) is 0 Å². The molecule has 0 spiro atoms. The fraction of sp³-hybridized carbons (Fsp3) is 0.421. The van der Waals surface area contributed by atoms with Crippen LogP contribution in [0.3, 0.4) is 0 Å². The maximum absolute atomic E-state index is 12.8. The summed E-state index contributed by atoms with van der Waals surface area (Å²) in [6, 6.07) is 5.05. The number of benzene rings is 1. The summed E-state index contributed by atoms with van der Waals surface area (Å²) in [7, 11) is 1.86. The van der Waals surface area contributed by atoms with E-state index in [0.29, 0.717) is 16.3 Å². The first-order valence-corrected chi connectivity index (χ1v) is 9.29. The Labute approximate surface area is 157 Å². The average molecular weight is 373 g/mol. The normalized spacial score (nSPS) is 21.7. The molecule has 2 aliphatic rings. The molecule has 26 heavy (non-hydrogen) atoms. The van der Waals surface area contributed by atoms with Gasteiger partial charge in [0.1, 0.15) is 0 Å². The number of hydrogen-bond acceptors (Lipinski definition) is 3. The van der Waals surface area contributed by atoms with Gasteiger partial charge in [-0.05, 0) is 48.9 Å². The minimum absolute atomic E-state index is 0.0472. The number of likely N-dealkylation sites (tertiary alicyclic amines) is 1. The van der Waals surface area contributed by atoms with Gasteiger partial charge in [-0.15, -0.1) is 0 Å². The maximum Gasteiger partial charge on any atom is 0.255 e. The van der Waals surface area contributed by atoms with Gasteiger partial charge >= 0.3 is 0 Å². The molecular formula is C19H21ClN4O2. The fourth-order valence-corrected chi connectivity index (χ4v) is 3.78. The Morgan fingerprint density at radius 3 is 2.73 bits per heavy atom. The third kappa shape index (κ3) is 3.33. The molecule has 2 amide bonds. The monoisotopic (exact) mass is 372 g/mol. The van der Waals surface area contributed by atoms with E-state index in [2.05, 4.69) is 10.4 Å². The minimum Gasteiger partial charge on any atom is -0.339 e. The lowest BCUT2D eigenvalue weighted by molar-refractivity contribution is -0.117. The van der Waals surface area contributed by atoms with Crippen LogP contribution in [0.15, 0.2) is 30.6 Å². The van der Waals surface area contributed by atoms with E-state index in [1.165, 1.54) is 0 Å². The van der Waals surface area contributed by atoms with Crippen LogP contribution in [-0.4, -0.2) is 39.6 Å². The molecule has 6 nitrogen and oxygen atoms in total. The molecular weight excluding hydrogens is 352 g/mol. The smallest absolute Gasteiger partial charge is 0.255 e. The van der Waals surface area contributed by atoms with E-state index in [-0.39, 0.29) is 23.7 Å². The Kier molecular flexibility index (Phi) is 4.44. The van der Waals surface area contributed by atoms with Crippen molar-refractivity contribution >= 4 is 29.1 Å². The van der Waals surface area contributed by atoms with Crippen molar-refractivity contribution in [3.63, 3.8) is 0 Å². The molecule has 2 atom stereocenters. The number of nitrogens with one attached hydrogen (secondary N) is 1. The van der Waals surface area contributed by atoms with Crippen molar-refractivity contribution in [2.24, 2.45) is 13.0 Å². The largest absolute Gasteiger partial charge is 0.339 e. The van der Waals surface area contributed by atoms with Crippen molar-refractivity contribution in [2.75, 3.05) is 18.4 Å². The van der Waals surface area contributed by atoms with Crippen LogP contribution in [0, 0.1) is 5.92 Å². The van der Waals surface area contributed by atoms with Gasteiger partial charge < -0.3 is 10.2 Å². The SMILES string of the molecule is Cn1cc([C@@H]2C[C@H]2C(=O)Nc2cc(Cl)ccc2C(=O)N2CCCC2)cn1. The number of amides is 2. The van der Waals surface area contributed by atoms with Crippen LogP contribution < -0.4 is 5.32 Å².